The van der Waals surface area contributed by atoms with Crippen LogP contribution in [0.2, 0.25) is 0 Å². The summed E-state index contributed by atoms with van der Waals surface area (Å²) in [5.41, 5.74) is 0.492. The topological polar surface area (TPSA) is 29.1 Å². The first kappa shape index (κ1) is 10.7. The van der Waals surface area contributed by atoms with Gasteiger partial charge in [-0.3, -0.25) is 4.79 Å². The van der Waals surface area contributed by atoms with Crippen molar-refractivity contribution in [3.8, 4) is 0 Å². The number of hydrogen-bond acceptors (Lipinski definition) is 1. The summed E-state index contributed by atoms with van der Waals surface area (Å²) in [4.78, 5) is 11.5. The van der Waals surface area contributed by atoms with E-state index in [0.29, 0.717) is 5.56 Å². The van der Waals surface area contributed by atoms with Crippen LogP contribution < -0.4 is 5.32 Å². The molecular formula is C11H14FNO. The molecule has 2 nitrogen and oxygen atoms in total. The lowest BCUT2D eigenvalue weighted by Gasteiger charge is -2.10. The molecule has 0 saturated heterocycles. The second-order valence-corrected chi connectivity index (χ2v) is 3.29. The van der Waals surface area contributed by atoms with Crippen molar-refractivity contribution in [3.63, 3.8) is 0 Å². The lowest BCUT2D eigenvalue weighted by molar-refractivity contribution is 0.0939. The Kier molecular flexibility index (Phi) is 3.63. The molecule has 76 valence electrons. The van der Waals surface area contributed by atoms with Gasteiger partial charge >= 0.3 is 0 Å². The molecule has 0 aromatic heterocycles. The van der Waals surface area contributed by atoms with E-state index in [0.717, 1.165) is 6.42 Å². The summed E-state index contributed by atoms with van der Waals surface area (Å²) in [5, 5.41) is 2.80. The summed E-state index contributed by atoms with van der Waals surface area (Å²) >= 11 is 0. The van der Waals surface area contributed by atoms with E-state index in [-0.39, 0.29) is 17.8 Å². The molecule has 14 heavy (non-hydrogen) atoms. The molecule has 0 fully saturated rings. The van der Waals surface area contributed by atoms with Gasteiger partial charge in [-0.1, -0.05) is 6.92 Å². The average molecular weight is 195 g/mol. The Morgan fingerprint density at radius 2 is 2.00 bits per heavy atom. The number of amides is 1. The quantitative estimate of drug-likeness (QED) is 0.788. The predicted octanol–water partition coefficient (Wildman–Crippen LogP) is 2.35. The molecule has 1 amide bonds. The minimum atomic E-state index is -0.329. The van der Waals surface area contributed by atoms with Gasteiger partial charge in [0.2, 0.25) is 0 Å². The summed E-state index contributed by atoms with van der Waals surface area (Å²) < 4.78 is 12.5. The lowest BCUT2D eigenvalue weighted by Crippen LogP contribution is -2.31. The van der Waals surface area contributed by atoms with Crippen LogP contribution in [0.25, 0.3) is 0 Å². The Morgan fingerprint density at radius 3 is 2.50 bits per heavy atom. The van der Waals surface area contributed by atoms with Gasteiger partial charge < -0.3 is 5.32 Å². The molecule has 0 unspecified atom stereocenters. The molecule has 1 N–H and O–H groups in total. The van der Waals surface area contributed by atoms with E-state index in [1.165, 1.54) is 24.3 Å². The second-order valence-electron chi connectivity index (χ2n) is 3.29. The maximum atomic E-state index is 12.5. The van der Waals surface area contributed by atoms with Gasteiger partial charge in [0, 0.05) is 11.6 Å². The van der Waals surface area contributed by atoms with Gasteiger partial charge in [-0.25, -0.2) is 4.39 Å². The number of benzene rings is 1. The molecule has 1 rings (SSSR count). The van der Waals surface area contributed by atoms with Crippen LogP contribution in [0.15, 0.2) is 24.3 Å². The summed E-state index contributed by atoms with van der Waals surface area (Å²) in [5.74, 6) is -0.482. The molecule has 0 saturated carbocycles. The highest BCUT2D eigenvalue weighted by molar-refractivity contribution is 5.94. The second kappa shape index (κ2) is 4.74. The molecule has 1 aromatic rings. The summed E-state index contributed by atoms with van der Waals surface area (Å²) in [6.07, 6.45) is 0.882. The largest absolute Gasteiger partial charge is 0.350 e. The highest BCUT2D eigenvalue weighted by atomic mass is 19.1. The van der Waals surface area contributed by atoms with Gasteiger partial charge in [-0.15, -0.1) is 0 Å². The van der Waals surface area contributed by atoms with E-state index in [1.807, 2.05) is 13.8 Å². The van der Waals surface area contributed by atoms with Gasteiger partial charge in [0.05, 0.1) is 0 Å². The smallest absolute Gasteiger partial charge is 0.251 e. The molecule has 3 heteroatoms. The Labute approximate surface area is 83.1 Å². The van der Waals surface area contributed by atoms with Crippen LogP contribution in [0.1, 0.15) is 30.6 Å². The maximum absolute atomic E-state index is 12.5. The van der Waals surface area contributed by atoms with Crippen molar-refractivity contribution in [3.05, 3.63) is 35.6 Å². The first-order chi connectivity index (χ1) is 6.63. The number of carbonyl (C=O) groups is 1. The van der Waals surface area contributed by atoms with Crippen LogP contribution >= 0.6 is 0 Å². The SMILES string of the molecule is CC[C@H](C)NC(=O)c1ccc(F)cc1. The maximum Gasteiger partial charge on any atom is 0.251 e. The minimum Gasteiger partial charge on any atom is -0.350 e. The van der Waals surface area contributed by atoms with E-state index in [2.05, 4.69) is 5.32 Å². The highest BCUT2D eigenvalue weighted by Gasteiger charge is 2.07. The first-order valence-electron chi connectivity index (χ1n) is 4.70. The number of hydrogen-bond donors (Lipinski definition) is 1. The van der Waals surface area contributed by atoms with E-state index >= 15 is 0 Å². The molecule has 0 radical (unpaired) electrons. The third-order valence-electron chi connectivity index (χ3n) is 2.10. The van der Waals surface area contributed by atoms with Crippen molar-refractivity contribution < 1.29 is 9.18 Å². The zero-order valence-electron chi connectivity index (χ0n) is 8.38. The predicted molar refractivity (Wildman–Crippen MR) is 53.6 cm³/mol. The molecule has 0 aliphatic carbocycles. The van der Waals surface area contributed by atoms with Gasteiger partial charge in [0.25, 0.3) is 5.91 Å². The number of nitrogens with one attached hydrogen (secondary N) is 1. The summed E-state index contributed by atoms with van der Waals surface area (Å²) in [7, 11) is 0. The third-order valence-corrected chi connectivity index (χ3v) is 2.10. The van der Waals surface area contributed by atoms with Gasteiger partial charge in [0.15, 0.2) is 0 Å². The summed E-state index contributed by atoms with van der Waals surface area (Å²) in [6, 6.07) is 5.67. The molecule has 0 bridgehead atoms. The highest BCUT2D eigenvalue weighted by Crippen LogP contribution is 2.03. The molecular weight excluding hydrogens is 181 g/mol. The molecule has 1 aromatic carbocycles. The van der Waals surface area contributed by atoms with E-state index in [1.54, 1.807) is 0 Å². The zero-order valence-corrected chi connectivity index (χ0v) is 8.38. The normalized spacial score (nSPS) is 12.2. The Bertz CT molecular complexity index is 308. The van der Waals surface area contributed by atoms with Crippen LogP contribution in [0, 0.1) is 5.82 Å². The van der Waals surface area contributed by atoms with Crippen molar-refractivity contribution in [2.24, 2.45) is 0 Å². The Morgan fingerprint density at radius 1 is 1.43 bits per heavy atom. The van der Waals surface area contributed by atoms with Crippen molar-refractivity contribution in [1.82, 2.24) is 5.32 Å². The average Bonchev–Trinajstić information content (AvgIpc) is 2.18. The standard InChI is InChI=1S/C11H14FNO/c1-3-8(2)13-11(14)9-4-6-10(12)7-5-9/h4-8H,3H2,1-2H3,(H,13,14)/t8-/m0/s1. The minimum absolute atomic E-state index is 0.146. The van der Waals surface area contributed by atoms with E-state index in [4.69, 9.17) is 0 Å². The van der Waals surface area contributed by atoms with Gasteiger partial charge in [-0.2, -0.15) is 0 Å². The monoisotopic (exact) mass is 195 g/mol. The van der Waals surface area contributed by atoms with Crippen molar-refractivity contribution in [2.75, 3.05) is 0 Å². The zero-order chi connectivity index (χ0) is 10.6. The van der Waals surface area contributed by atoms with Crippen LogP contribution in [0.4, 0.5) is 4.39 Å². The molecule has 1 atom stereocenters. The number of carbonyl (C=O) groups excluding carboxylic acids is 1. The number of rotatable bonds is 3. The van der Waals surface area contributed by atoms with Gasteiger partial charge in [-0.05, 0) is 37.6 Å². The van der Waals surface area contributed by atoms with Crippen molar-refractivity contribution >= 4 is 5.91 Å². The molecule has 0 aliphatic heterocycles. The third kappa shape index (κ3) is 2.83. The van der Waals surface area contributed by atoms with E-state index < -0.39 is 0 Å². The Balaban J connectivity index is 2.65. The molecule has 0 heterocycles. The van der Waals surface area contributed by atoms with Crippen molar-refractivity contribution in [1.29, 1.82) is 0 Å². The van der Waals surface area contributed by atoms with Crippen molar-refractivity contribution in [2.45, 2.75) is 26.3 Å². The molecule has 0 aliphatic rings. The van der Waals surface area contributed by atoms with E-state index in [9.17, 15) is 9.18 Å². The fourth-order valence-electron chi connectivity index (χ4n) is 1.01. The fourth-order valence-corrected chi connectivity index (χ4v) is 1.01. The van der Waals surface area contributed by atoms with Crippen LogP contribution in [-0.2, 0) is 0 Å². The Hall–Kier alpha value is -1.38. The van der Waals surface area contributed by atoms with Crippen LogP contribution in [0.5, 0.6) is 0 Å². The van der Waals surface area contributed by atoms with Crippen LogP contribution in [-0.4, -0.2) is 11.9 Å². The van der Waals surface area contributed by atoms with Crippen LogP contribution in [0.3, 0.4) is 0 Å². The van der Waals surface area contributed by atoms with Gasteiger partial charge in [0.1, 0.15) is 5.82 Å². The summed E-state index contributed by atoms with van der Waals surface area (Å²) in [6.45, 7) is 3.93. The number of halogens is 1. The first-order valence-corrected chi connectivity index (χ1v) is 4.70. The fraction of sp³-hybridized carbons (Fsp3) is 0.364. The molecule has 0 spiro atoms. The lowest BCUT2D eigenvalue weighted by atomic mass is 10.2.